The van der Waals surface area contributed by atoms with E-state index in [2.05, 4.69) is 15.0 Å². The van der Waals surface area contributed by atoms with Crippen LogP contribution in [-0.2, 0) is 0 Å². The van der Waals surface area contributed by atoms with E-state index >= 15 is 0 Å². The predicted octanol–water partition coefficient (Wildman–Crippen LogP) is 2.43. The minimum Gasteiger partial charge on any atom is -0.295 e. The van der Waals surface area contributed by atoms with Gasteiger partial charge in [-0.3, -0.25) is 9.36 Å². The van der Waals surface area contributed by atoms with E-state index in [1.54, 1.807) is 10.8 Å². The van der Waals surface area contributed by atoms with Crippen LogP contribution in [0.15, 0.2) is 47.7 Å². The van der Waals surface area contributed by atoms with Gasteiger partial charge in [0, 0.05) is 11.6 Å². The Morgan fingerprint density at radius 2 is 1.85 bits per heavy atom. The fourth-order valence-corrected chi connectivity index (χ4v) is 2.03. The number of hydrogen-bond acceptors (Lipinski definition) is 4. The standard InChI is InChI=1S/C15H14N4O/c1-10(2)19-9-17-14-13(15(19)20)18-12(8-16-14)11-6-4-3-5-7-11/h3-10H,1-2H3. The lowest BCUT2D eigenvalue weighted by Crippen LogP contribution is -2.23. The van der Waals surface area contributed by atoms with E-state index in [1.807, 2.05) is 44.2 Å². The van der Waals surface area contributed by atoms with Gasteiger partial charge in [0.05, 0.1) is 11.9 Å². The van der Waals surface area contributed by atoms with Crippen LogP contribution in [0.25, 0.3) is 22.4 Å². The van der Waals surface area contributed by atoms with E-state index < -0.39 is 0 Å². The Hall–Kier alpha value is -2.56. The highest BCUT2D eigenvalue weighted by Gasteiger charge is 2.10. The van der Waals surface area contributed by atoms with Crippen molar-refractivity contribution < 1.29 is 0 Å². The van der Waals surface area contributed by atoms with E-state index in [0.717, 1.165) is 5.56 Å². The molecule has 3 rings (SSSR count). The van der Waals surface area contributed by atoms with Gasteiger partial charge in [-0.05, 0) is 13.8 Å². The van der Waals surface area contributed by atoms with Crippen LogP contribution in [0.5, 0.6) is 0 Å². The fourth-order valence-electron chi connectivity index (χ4n) is 2.03. The Morgan fingerprint density at radius 1 is 1.10 bits per heavy atom. The minimum atomic E-state index is -0.157. The van der Waals surface area contributed by atoms with Gasteiger partial charge < -0.3 is 0 Å². The average Bonchev–Trinajstić information content (AvgIpc) is 2.48. The summed E-state index contributed by atoms with van der Waals surface area (Å²) in [6, 6.07) is 9.71. The second-order valence-corrected chi connectivity index (χ2v) is 4.84. The third-order valence-electron chi connectivity index (χ3n) is 3.12. The first kappa shape index (κ1) is 12.5. The lowest BCUT2D eigenvalue weighted by molar-refractivity contribution is 0.572. The molecule has 0 aliphatic rings. The van der Waals surface area contributed by atoms with Crippen LogP contribution < -0.4 is 5.56 Å². The van der Waals surface area contributed by atoms with Crippen LogP contribution in [-0.4, -0.2) is 19.5 Å². The van der Waals surface area contributed by atoms with Crippen molar-refractivity contribution in [3.05, 3.63) is 53.2 Å². The summed E-state index contributed by atoms with van der Waals surface area (Å²) in [5.74, 6) is 0. The molecular weight excluding hydrogens is 252 g/mol. The first-order valence-electron chi connectivity index (χ1n) is 6.46. The molecule has 100 valence electrons. The Morgan fingerprint density at radius 3 is 2.55 bits per heavy atom. The molecule has 0 spiro atoms. The summed E-state index contributed by atoms with van der Waals surface area (Å²) in [6.07, 6.45) is 3.16. The predicted molar refractivity (Wildman–Crippen MR) is 77.4 cm³/mol. The van der Waals surface area contributed by atoms with E-state index in [9.17, 15) is 4.79 Å². The molecular formula is C15H14N4O. The average molecular weight is 266 g/mol. The van der Waals surface area contributed by atoms with Gasteiger partial charge in [0.1, 0.15) is 6.33 Å². The molecule has 20 heavy (non-hydrogen) atoms. The SMILES string of the molecule is CC(C)n1cnc2ncc(-c3ccccc3)nc2c1=O. The number of nitrogens with zero attached hydrogens (tertiary/aromatic N) is 4. The summed E-state index contributed by atoms with van der Waals surface area (Å²) in [5, 5.41) is 0. The number of rotatable bonds is 2. The first-order chi connectivity index (χ1) is 9.66. The summed E-state index contributed by atoms with van der Waals surface area (Å²) >= 11 is 0. The van der Waals surface area contributed by atoms with Crippen molar-refractivity contribution in [3.63, 3.8) is 0 Å². The Balaban J connectivity index is 2.25. The van der Waals surface area contributed by atoms with Gasteiger partial charge in [0.25, 0.3) is 5.56 Å². The maximum Gasteiger partial charge on any atom is 0.281 e. The summed E-state index contributed by atoms with van der Waals surface area (Å²) < 4.78 is 1.56. The van der Waals surface area contributed by atoms with Gasteiger partial charge in [-0.25, -0.2) is 15.0 Å². The summed E-state index contributed by atoms with van der Waals surface area (Å²) in [5.41, 5.74) is 2.14. The van der Waals surface area contributed by atoms with Crippen molar-refractivity contribution in [2.75, 3.05) is 0 Å². The van der Waals surface area contributed by atoms with Crippen LogP contribution in [0, 0.1) is 0 Å². The lowest BCUT2D eigenvalue weighted by atomic mass is 10.2. The molecule has 0 radical (unpaired) electrons. The van der Waals surface area contributed by atoms with Crippen LogP contribution in [0.3, 0.4) is 0 Å². The second-order valence-electron chi connectivity index (χ2n) is 4.84. The second kappa shape index (κ2) is 4.85. The Kier molecular flexibility index (Phi) is 3.02. The minimum absolute atomic E-state index is 0.0431. The summed E-state index contributed by atoms with van der Waals surface area (Å²) in [6.45, 7) is 3.87. The summed E-state index contributed by atoms with van der Waals surface area (Å²) in [4.78, 5) is 25.2. The molecule has 0 fully saturated rings. The number of aromatic nitrogens is 4. The normalized spacial score (nSPS) is 11.2. The zero-order chi connectivity index (χ0) is 14.1. The molecule has 0 bridgehead atoms. The highest BCUT2D eigenvalue weighted by molar-refractivity contribution is 5.72. The van der Waals surface area contributed by atoms with Crippen molar-refractivity contribution in [3.8, 4) is 11.3 Å². The van der Waals surface area contributed by atoms with Crippen LogP contribution >= 0.6 is 0 Å². The van der Waals surface area contributed by atoms with Gasteiger partial charge in [-0.2, -0.15) is 0 Å². The van der Waals surface area contributed by atoms with Crippen molar-refractivity contribution in [2.45, 2.75) is 19.9 Å². The largest absolute Gasteiger partial charge is 0.295 e. The van der Waals surface area contributed by atoms with Crippen molar-refractivity contribution in [2.24, 2.45) is 0 Å². The maximum absolute atomic E-state index is 12.4. The smallest absolute Gasteiger partial charge is 0.281 e. The molecule has 0 N–H and O–H groups in total. The monoisotopic (exact) mass is 266 g/mol. The molecule has 5 nitrogen and oxygen atoms in total. The molecule has 2 aromatic heterocycles. The van der Waals surface area contributed by atoms with E-state index in [4.69, 9.17) is 0 Å². The summed E-state index contributed by atoms with van der Waals surface area (Å²) in [7, 11) is 0. The molecule has 5 heteroatoms. The number of fused-ring (bicyclic) bond motifs is 1. The molecule has 0 aliphatic heterocycles. The zero-order valence-corrected chi connectivity index (χ0v) is 11.3. The van der Waals surface area contributed by atoms with E-state index in [1.165, 1.54) is 6.33 Å². The molecule has 2 heterocycles. The highest BCUT2D eigenvalue weighted by atomic mass is 16.1. The third kappa shape index (κ3) is 2.07. The Bertz CT molecular complexity index is 809. The van der Waals surface area contributed by atoms with Gasteiger partial charge in [0.2, 0.25) is 0 Å². The Labute approximate surface area is 116 Å². The molecule has 0 atom stereocenters. The quantitative estimate of drug-likeness (QED) is 0.714. The van der Waals surface area contributed by atoms with Gasteiger partial charge in [-0.15, -0.1) is 0 Å². The van der Waals surface area contributed by atoms with Crippen LogP contribution in [0.2, 0.25) is 0 Å². The zero-order valence-electron chi connectivity index (χ0n) is 11.3. The first-order valence-corrected chi connectivity index (χ1v) is 6.46. The highest BCUT2D eigenvalue weighted by Crippen LogP contribution is 2.16. The van der Waals surface area contributed by atoms with Crippen molar-refractivity contribution in [1.29, 1.82) is 0 Å². The van der Waals surface area contributed by atoms with Crippen molar-refractivity contribution >= 4 is 11.2 Å². The van der Waals surface area contributed by atoms with E-state index in [-0.39, 0.29) is 11.6 Å². The molecule has 0 unspecified atom stereocenters. The lowest BCUT2D eigenvalue weighted by Gasteiger charge is -2.09. The molecule has 0 aliphatic carbocycles. The fraction of sp³-hybridized carbons (Fsp3) is 0.200. The molecule has 0 saturated carbocycles. The number of hydrogen-bond donors (Lipinski definition) is 0. The number of benzene rings is 1. The van der Waals surface area contributed by atoms with Gasteiger partial charge in [-0.1, -0.05) is 30.3 Å². The van der Waals surface area contributed by atoms with Gasteiger partial charge >= 0.3 is 0 Å². The van der Waals surface area contributed by atoms with Crippen LogP contribution in [0.4, 0.5) is 0 Å². The topological polar surface area (TPSA) is 60.7 Å². The molecule has 0 amide bonds. The van der Waals surface area contributed by atoms with Crippen molar-refractivity contribution in [1.82, 2.24) is 19.5 Å². The molecule has 1 aromatic carbocycles. The van der Waals surface area contributed by atoms with Gasteiger partial charge in [0.15, 0.2) is 11.2 Å². The third-order valence-corrected chi connectivity index (χ3v) is 3.12. The maximum atomic E-state index is 12.4. The van der Waals surface area contributed by atoms with E-state index in [0.29, 0.717) is 16.9 Å². The molecule has 3 aromatic rings. The van der Waals surface area contributed by atoms with Crippen LogP contribution in [0.1, 0.15) is 19.9 Å². The molecule has 0 saturated heterocycles.